The van der Waals surface area contributed by atoms with Crippen LogP contribution in [0.25, 0.3) is 0 Å². The molecule has 0 aromatic heterocycles. The topological polar surface area (TPSA) is 37.3 Å². The Labute approximate surface area is 90.5 Å². The molecule has 1 aromatic rings. The van der Waals surface area contributed by atoms with Crippen molar-refractivity contribution in [1.82, 2.24) is 0 Å². The molecule has 0 saturated heterocycles. The van der Waals surface area contributed by atoms with Crippen molar-refractivity contribution >= 4 is 17.6 Å². The van der Waals surface area contributed by atoms with Gasteiger partial charge in [0.2, 0.25) is 0 Å². The number of carboxylic acid groups (broad SMARTS) is 1. The molecular formula is C10H9ClF2O2. The van der Waals surface area contributed by atoms with E-state index in [1.807, 2.05) is 0 Å². The first-order chi connectivity index (χ1) is 7.00. The van der Waals surface area contributed by atoms with Crippen LogP contribution in [0, 0.1) is 0 Å². The predicted molar refractivity (Wildman–Crippen MR) is 52.4 cm³/mol. The zero-order valence-corrected chi connectivity index (χ0v) is 8.47. The first-order valence-electron chi connectivity index (χ1n) is 4.29. The maximum atomic E-state index is 12.4. The van der Waals surface area contributed by atoms with Crippen molar-refractivity contribution in [2.75, 3.05) is 0 Å². The molecule has 0 atom stereocenters. The lowest BCUT2D eigenvalue weighted by Crippen LogP contribution is -1.98. The summed E-state index contributed by atoms with van der Waals surface area (Å²) in [7, 11) is 0. The van der Waals surface area contributed by atoms with Gasteiger partial charge in [-0.3, -0.25) is 4.79 Å². The molecule has 0 bridgehead atoms. The molecule has 15 heavy (non-hydrogen) atoms. The second-order valence-electron chi connectivity index (χ2n) is 3.05. The van der Waals surface area contributed by atoms with Crippen LogP contribution in [-0.2, 0) is 11.2 Å². The zero-order chi connectivity index (χ0) is 11.4. The summed E-state index contributed by atoms with van der Waals surface area (Å²) in [5.41, 5.74) is 0.302. The minimum Gasteiger partial charge on any atom is -0.481 e. The first kappa shape index (κ1) is 11.9. The quantitative estimate of drug-likeness (QED) is 0.868. The van der Waals surface area contributed by atoms with Gasteiger partial charge < -0.3 is 5.11 Å². The minimum absolute atomic E-state index is 0.00377. The van der Waals surface area contributed by atoms with E-state index in [4.69, 9.17) is 16.7 Å². The fourth-order valence-corrected chi connectivity index (χ4v) is 1.37. The molecule has 0 aliphatic carbocycles. The van der Waals surface area contributed by atoms with E-state index in [2.05, 4.69) is 0 Å². The highest BCUT2D eigenvalue weighted by molar-refractivity contribution is 6.31. The Morgan fingerprint density at radius 2 is 2.13 bits per heavy atom. The molecule has 0 spiro atoms. The Hall–Kier alpha value is -1.16. The number of alkyl halides is 2. The highest BCUT2D eigenvalue weighted by Gasteiger charge is 2.12. The molecule has 2 nitrogen and oxygen atoms in total. The van der Waals surface area contributed by atoms with Crippen LogP contribution in [0.5, 0.6) is 0 Å². The van der Waals surface area contributed by atoms with Gasteiger partial charge in [0.05, 0.1) is 0 Å². The largest absolute Gasteiger partial charge is 0.481 e. The maximum Gasteiger partial charge on any atom is 0.303 e. The summed E-state index contributed by atoms with van der Waals surface area (Å²) < 4.78 is 24.8. The summed E-state index contributed by atoms with van der Waals surface area (Å²) in [6.45, 7) is 0. The Kier molecular flexibility index (Phi) is 4.03. The van der Waals surface area contributed by atoms with Crippen molar-refractivity contribution in [2.45, 2.75) is 19.3 Å². The number of rotatable bonds is 4. The molecule has 0 aliphatic heterocycles. The third-order valence-electron chi connectivity index (χ3n) is 1.92. The van der Waals surface area contributed by atoms with E-state index in [-0.39, 0.29) is 23.4 Å². The normalized spacial score (nSPS) is 10.7. The minimum atomic E-state index is -2.64. The first-order valence-corrected chi connectivity index (χ1v) is 4.66. The van der Waals surface area contributed by atoms with Crippen molar-refractivity contribution in [1.29, 1.82) is 0 Å². The van der Waals surface area contributed by atoms with E-state index in [1.165, 1.54) is 12.1 Å². The smallest absolute Gasteiger partial charge is 0.303 e. The number of benzene rings is 1. The van der Waals surface area contributed by atoms with Crippen molar-refractivity contribution < 1.29 is 18.7 Å². The molecule has 1 aromatic carbocycles. The average molecular weight is 235 g/mol. The van der Waals surface area contributed by atoms with Gasteiger partial charge in [-0.1, -0.05) is 17.7 Å². The zero-order valence-electron chi connectivity index (χ0n) is 7.71. The predicted octanol–water partition coefficient (Wildman–Crippen LogP) is 3.29. The number of carbonyl (C=O) groups is 1. The summed E-state index contributed by atoms with van der Waals surface area (Å²) in [5, 5.41) is 8.44. The van der Waals surface area contributed by atoms with Gasteiger partial charge in [-0.2, -0.15) is 0 Å². The van der Waals surface area contributed by atoms with E-state index >= 15 is 0 Å². The monoisotopic (exact) mass is 234 g/mol. The second kappa shape index (κ2) is 5.07. The Bertz CT molecular complexity index is 366. The molecule has 0 heterocycles. The van der Waals surface area contributed by atoms with Crippen molar-refractivity contribution in [2.24, 2.45) is 0 Å². The van der Waals surface area contributed by atoms with E-state index in [1.54, 1.807) is 6.07 Å². The molecule has 0 amide bonds. The standard InChI is InChI=1S/C10H9ClF2O2/c11-8-3-1-6(2-4-9(14)15)5-7(8)10(12)13/h1,3,5,10H,2,4H2,(H,14,15). The summed E-state index contributed by atoms with van der Waals surface area (Å²) >= 11 is 5.56. The number of aliphatic carboxylic acids is 1. The van der Waals surface area contributed by atoms with Crippen LogP contribution < -0.4 is 0 Å². The van der Waals surface area contributed by atoms with Crippen molar-refractivity contribution in [3.63, 3.8) is 0 Å². The van der Waals surface area contributed by atoms with Crippen LogP contribution in [0.2, 0.25) is 5.02 Å². The Balaban J connectivity index is 2.83. The molecule has 0 radical (unpaired) electrons. The van der Waals surface area contributed by atoms with Gasteiger partial charge in [-0.05, 0) is 24.1 Å². The van der Waals surface area contributed by atoms with Crippen LogP contribution in [0.15, 0.2) is 18.2 Å². The molecular weight excluding hydrogens is 226 g/mol. The third kappa shape index (κ3) is 3.47. The van der Waals surface area contributed by atoms with Crippen molar-refractivity contribution in [3.8, 4) is 0 Å². The summed E-state index contributed by atoms with van der Waals surface area (Å²) in [4.78, 5) is 10.3. The fourth-order valence-electron chi connectivity index (χ4n) is 1.17. The van der Waals surface area contributed by atoms with E-state index < -0.39 is 12.4 Å². The number of hydrogen-bond acceptors (Lipinski definition) is 1. The fraction of sp³-hybridized carbons (Fsp3) is 0.300. The van der Waals surface area contributed by atoms with Gasteiger partial charge in [0, 0.05) is 17.0 Å². The highest BCUT2D eigenvalue weighted by atomic mass is 35.5. The number of halogens is 3. The molecule has 0 unspecified atom stereocenters. The van der Waals surface area contributed by atoms with E-state index in [0.717, 1.165) is 0 Å². The molecule has 0 fully saturated rings. The van der Waals surface area contributed by atoms with Crippen LogP contribution in [0.1, 0.15) is 24.0 Å². The van der Waals surface area contributed by atoms with E-state index in [0.29, 0.717) is 5.56 Å². The van der Waals surface area contributed by atoms with Crippen LogP contribution in [0.4, 0.5) is 8.78 Å². The van der Waals surface area contributed by atoms with Crippen LogP contribution in [0.3, 0.4) is 0 Å². The summed E-state index contributed by atoms with van der Waals surface area (Å²) in [6.07, 6.45) is -2.49. The molecule has 82 valence electrons. The lowest BCUT2D eigenvalue weighted by atomic mass is 10.1. The molecule has 5 heteroatoms. The van der Waals surface area contributed by atoms with Gasteiger partial charge in [0.25, 0.3) is 6.43 Å². The van der Waals surface area contributed by atoms with Gasteiger partial charge in [-0.15, -0.1) is 0 Å². The summed E-state index contributed by atoms with van der Waals surface area (Å²) in [5.74, 6) is -0.955. The molecule has 1 N–H and O–H groups in total. The average Bonchev–Trinajstić information content (AvgIpc) is 2.16. The van der Waals surface area contributed by atoms with Gasteiger partial charge >= 0.3 is 5.97 Å². The van der Waals surface area contributed by atoms with Crippen LogP contribution in [-0.4, -0.2) is 11.1 Å². The van der Waals surface area contributed by atoms with E-state index in [9.17, 15) is 13.6 Å². The third-order valence-corrected chi connectivity index (χ3v) is 2.27. The Morgan fingerprint density at radius 1 is 1.47 bits per heavy atom. The second-order valence-corrected chi connectivity index (χ2v) is 3.46. The Morgan fingerprint density at radius 3 is 2.67 bits per heavy atom. The lowest BCUT2D eigenvalue weighted by Gasteiger charge is -2.05. The number of hydrogen-bond donors (Lipinski definition) is 1. The van der Waals surface area contributed by atoms with Crippen LogP contribution >= 0.6 is 11.6 Å². The maximum absolute atomic E-state index is 12.4. The number of aryl methyl sites for hydroxylation is 1. The van der Waals surface area contributed by atoms with Gasteiger partial charge in [-0.25, -0.2) is 8.78 Å². The molecule has 0 aliphatic rings. The lowest BCUT2D eigenvalue weighted by molar-refractivity contribution is -0.136. The van der Waals surface area contributed by atoms with Gasteiger partial charge in [0.15, 0.2) is 0 Å². The van der Waals surface area contributed by atoms with Gasteiger partial charge in [0.1, 0.15) is 0 Å². The SMILES string of the molecule is O=C(O)CCc1ccc(Cl)c(C(F)F)c1. The highest BCUT2D eigenvalue weighted by Crippen LogP contribution is 2.28. The number of carboxylic acids is 1. The summed E-state index contributed by atoms with van der Waals surface area (Å²) in [6, 6.07) is 4.16. The molecule has 0 saturated carbocycles. The molecule has 1 rings (SSSR count). The van der Waals surface area contributed by atoms with Crippen molar-refractivity contribution in [3.05, 3.63) is 34.3 Å².